The summed E-state index contributed by atoms with van der Waals surface area (Å²) < 4.78 is 10.5. The smallest absolute Gasteiger partial charge is 0.270 e. The summed E-state index contributed by atoms with van der Waals surface area (Å²) in [7, 11) is 3.11. The number of carbonyl (C=O) groups is 2. The second-order valence-corrected chi connectivity index (χ2v) is 5.65. The van der Waals surface area contributed by atoms with Crippen molar-refractivity contribution in [3.8, 4) is 11.5 Å². The summed E-state index contributed by atoms with van der Waals surface area (Å²) >= 11 is 0. The molecular formula is C19H28N2O4. The maximum Gasteiger partial charge on any atom is 0.270 e. The number of amides is 2. The van der Waals surface area contributed by atoms with Gasteiger partial charge >= 0.3 is 0 Å². The predicted molar refractivity (Wildman–Crippen MR) is 98.5 cm³/mol. The van der Waals surface area contributed by atoms with Gasteiger partial charge in [0, 0.05) is 20.0 Å². The van der Waals surface area contributed by atoms with Gasteiger partial charge in [-0.15, -0.1) is 0 Å². The van der Waals surface area contributed by atoms with Crippen molar-refractivity contribution in [1.82, 2.24) is 10.2 Å². The molecule has 0 spiro atoms. The summed E-state index contributed by atoms with van der Waals surface area (Å²) in [6, 6.07) is 5.33. The first-order chi connectivity index (χ1) is 12.0. The van der Waals surface area contributed by atoms with Crippen LogP contribution in [-0.2, 0) is 9.59 Å². The largest absolute Gasteiger partial charge is 0.493 e. The first kappa shape index (κ1) is 20.5. The van der Waals surface area contributed by atoms with Gasteiger partial charge in [0.25, 0.3) is 5.91 Å². The molecule has 2 amide bonds. The maximum atomic E-state index is 12.8. The normalized spacial score (nSPS) is 11.0. The molecule has 0 unspecified atom stereocenters. The highest BCUT2D eigenvalue weighted by molar-refractivity contribution is 6.01. The molecule has 6 heteroatoms. The Balaban J connectivity index is 3.22. The van der Waals surface area contributed by atoms with E-state index in [0.29, 0.717) is 24.6 Å². The lowest BCUT2D eigenvalue weighted by Crippen LogP contribution is -2.38. The molecule has 0 aliphatic rings. The molecule has 0 bridgehead atoms. The molecule has 0 saturated heterocycles. The molecule has 0 fully saturated rings. The molecule has 6 nitrogen and oxygen atoms in total. The third-order valence-electron chi connectivity index (χ3n) is 3.53. The zero-order chi connectivity index (χ0) is 18.8. The number of rotatable bonds is 9. The van der Waals surface area contributed by atoms with Gasteiger partial charge in [-0.2, -0.15) is 0 Å². The molecule has 1 aromatic rings. The second kappa shape index (κ2) is 10.4. The molecule has 25 heavy (non-hydrogen) atoms. The molecule has 0 aliphatic heterocycles. The fourth-order valence-corrected chi connectivity index (χ4v) is 2.48. The Labute approximate surface area is 149 Å². The summed E-state index contributed by atoms with van der Waals surface area (Å²) in [6.07, 6.45) is 3.37. The molecule has 0 heterocycles. The minimum atomic E-state index is -0.284. The van der Waals surface area contributed by atoms with Gasteiger partial charge < -0.3 is 19.7 Å². The van der Waals surface area contributed by atoms with Crippen LogP contribution in [0.5, 0.6) is 11.5 Å². The molecule has 138 valence electrons. The predicted octanol–water partition coefficient (Wildman–Crippen LogP) is 2.83. The van der Waals surface area contributed by atoms with E-state index in [4.69, 9.17) is 9.47 Å². The van der Waals surface area contributed by atoms with Crippen LogP contribution < -0.4 is 14.8 Å². The lowest BCUT2D eigenvalue weighted by Gasteiger charge is -2.23. The van der Waals surface area contributed by atoms with E-state index >= 15 is 0 Å². The summed E-state index contributed by atoms with van der Waals surface area (Å²) in [6.45, 7) is 6.73. The highest BCUT2D eigenvalue weighted by Crippen LogP contribution is 2.28. The summed E-state index contributed by atoms with van der Waals surface area (Å²) in [5.41, 5.74) is 0.990. The molecule has 1 aromatic carbocycles. The van der Waals surface area contributed by atoms with Crippen LogP contribution in [0.25, 0.3) is 6.08 Å². The Bertz CT molecular complexity index is 620. The van der Waals surface area contributed by atoms with Crippen LogP contribution in [0.2, 0.25) is 0 Å². The van der Waals surface area contributed by atoms with Gasteiger partial charge in [-0.3, -0.25) is 9.59 Å². The molecule has 0 saturated carbocycles. The number of ether oxygens (including phenoxy) is 2. The number of nitrogens with one attached hydrogen (secondary N) is 1. The van der Waals surface area contributed by atoms with E-state index in [1.54, 1.807) is 43.4 Å². The zero-order valence-corrected chi connectivity index (χ0v) is 15.7. The maximum absolute atomic E-state index is 12.8. The lowest BCUT2D eigenvalue weighted by atomic mass is 10.1. The van der Waals surface area contributed by atoms with Crippen molar-refractivity contribution in [2.24, 2.45) is 0 Å². The summed E-state index contributed by atoms with van der Waals surface area (Å²) in [5.74, 6) is 0.692. The fraction of sp³-hybridized carbons (Fsp3) is 0.474. The number of hydrogen-bond acceptors (Lipinski definition) is 4. The van der Waals surface area contributed by atoms with Crippen LogP contribution in [0.1, 0.15) is 39.2 Å². The van der Waals surface area contributed by atoms with Crippen molar-refractivity contribution in [2.45, 2.75) is 33.6 Å². The summed E-state index contributed by atoms with van der Waals surface area (Å²) in [5, 5.41) is 2.65. The highest BCUT2D eigenvalue weighted by atomic mass is 16.5. The standard InChI is InChI=1S/C19H28N2O4/c1-6-10-21(11-7-2)19(23)16(20-14(3)22)12-15-8-9-17(24-4)18(13-15)25-5/h8-9,12-13H,6-7,10-11H2,1-5H3,(H,20,22)/b16-12-. The van der Waals surface area contributed by atoms with Gasteiger partial charge in [-0.05, 0) is 36.6 Å². The number of nitrogens with zero attached hydrogens (tertiary/aromatic N) is 1. The molecular weight excluding hydrogens is 320 g/mol. The fourth-order valence-electron chi connectivity index (χ4n) is 2.48. The van der Waals surface area contributed by atoms with Crippen LogP contribution in [0.15, 0.2) is 23.9 Å². The Hall–Kier alpha value is -2.50. The van der Waals surface area contributed by atoms with Gasteiger partial charge in [0.15, 0.2) is 11.5 Å². The van der Waals surface area contributed by atoms with Gasteiger partial charge in [-0.1, -0.05) is 19.9 Å². The van der Waals surface area contributed by atoms with Crippen molar-refractivity contribution >= 4 is 17.9 Å². The molecule has 1 rings (SSSR count). The van der Waals surface area contributed by atoms with E-state index in [2.05, 4.69) is 5.32 Å². The SMILES string of the molecule is CCCN(CCC)C(=O)/C(=C/c1ccc(OC)c(OC)c1)NC(C)=O. The van der Waals surface area contributed by atoms with E-state index in [9.17, 15) is 9.59 Å². The van der Waals surface area contributed by atoms with Crippen LogP contribution >= 0.6 is 0 Å². The van der Waals surface area contributed by atoms with E-state index in [0.717, 1.165) is 18.4 Å². The molecule has 0 radical (unpaired) electrons. The Kier molecular flexibility index (Phi) is 8.53. The Morgan fingerprint density at radius 1 is 1.08 bits per heavy atom. The third kappa shape index (κ3) is 6.14. The number of hydrogen-bond donors (Lipinski definition) is 1. The van der Waals surface area contributed by atoms with E-state index < -0.39 is 0 Å². The minimum Gasteiger partial charge on any atom is -0.493 e. The minimum absolute atomic E-state index is 0.186. The monoisotopic (exact) mass is 348 g/mol. The third-order valence-corrected chi connectivity index (χ3v) is 3.53. The zero-order valence-electron chi connectivity index (χ0n) is 15.7. The second-order valence-electron chi connectivity index (χ2n) is 5.65. The van der Waals surface area contributed by atoms with Crippen molar-refractivity contribution in [3.05, 3.63) is 29.5 Å². The van der Waals surface area contributed by atoms with Crippen molar-refractivity contribution in [2.75, 3.05) is 27.3 Å². The number of methoxy groups -OCH3 is 2. The molecule has 1 N–H and O–H groups in total. The Morgan fingerprint density at radius 2 is 1.68 bits per heavy atom. The van der Waals surface area contributed by atoms with Gasteiger partial charge in [-0.25, -0.2) is 0 Å². The Morgan fingerprint density at radius 3 is 2.16 bits per heavy atom. The van der Waals surface area contributed by atoms with Crippen LogP contribution in [0, 0.1) is 0 Å². The number of carbonyl (C=O) groups excluding carboxylic acids is 2. The van der Waals surface area contributed by atoms with Crippen molar-refractivity contribution in [1.29, 1.82) is 0 Å². The van der Waals surface area contributed by atoms with Gasteiger partial charge in [0.2, 0.25) is 5.91 Å². The molecule has 0 atom stereocenters. The summed E-state index contributed by atoms with van der Waals surface area (Å²) in [4.78, 5) is 26.1. The topological polar surface area (TPSA) is 67.9 Å². The van der Waals surface area contributed by atoms with E-state index in [1.165, 1.54) is 6.92 Å². The average molecular weight is 348 g/mol. The first-order valence-corrected chi connectivity index (χ1v) is 8.47. The van der Waals surface area contributed by atoms with Crippen LogP contribution in [0.3, 0.4) is 0 Å². The lowest BCUT2D eigenvalue weighted by molar-refractivity contribution is -0.129. The van der Waals surface area contributed by atoms with Gasteiger partial charge in [0.1, 0.15) is 5.70 Å². The first-order valence-electron chi connectivity index (χ1n) is 8.47. The van der Waals surface area contributed by atoms with Crippen molar-refractivity contribution < 1.29 is 19.1 Å². The van der Waals surface area contributed by atoms with E-state index in [1.807, 2.05) is 13.8 Å². The average Bonchev–Trinajstić information content (AvgIpc) is 2.59. The van der Waals surface area contributed by atoms with Gasteiger partial charge in [0.05, 0.1) is 14.2 Å². The number of benzene rings is 1. The molecule has 0 aromatic heterocycles. The quantitative estimate of drug-likeness (QED) is 0.697. The van der Waals surface area contributed by atoms with Crippen LogP contribution in [0.4, 0.5) is 0 Å². The molecule has 0 aliphatic carbocycles. The van der Waals surface area contributed by atoms with Crippen molar-refractivity contribution in [3.63, 3.8) is 0 Å². The van der Waals surface area contributed by atoms with E-state index in [-0.39, 0.29) is 17.5 Å². The van der Waals surface area contributed by atoms with Crippen LogP contribution in [-0.4, -0.2) is 44.0 Å². The highest BCUT2D eigenvalue weighted by Gasteiger charge is 2.18.